The minimum absolute atomic E-state index is 0.0470. The van der Waals surface area contributed by atoms with E-state index in [1.807, 2.05) is 61.5 Å². The average molecular weight is 644 g/mol. The Balaban J connectivity index is 1.55. The molecule has 0 unspecified atom stereocenters. The quantitative estimate of drug-likeness (QED) is 0.190. The zero-order chi connectivity index (χ0) is 31.8. The molecule has 45 heavy (non-hydrogen) atoms. The summed E-state index contributed by atoms with van der Waals surface area (Å²) in [5.41, 5.74) is 2.98. The molecule has 9 heteroatoms. The largest absolute Gasteiger partial charge is 0.352 e. The van der Waals surface area contributed by atoms with E-state index in [1.165, 1.54) is 17.0 Å². The van der Waals surface area contributed by atoms with Crippen LogP contribution in [0.1, 0.15) is 42.4 Å². The molecule has 4 aromatic carbocycles. The van der Waals surface area contributed by atoms with Crippen molar-refractivity contribution in [3.05, 3.63) is 131 Å². The minimum atomic E-state index is -4.13. The molecule has 1 aliphatic rings. The van der Waals surface area contributed by atoms with Gasteiger partial charge in [-0.15, -0.1) is 0 Å². The van der Waals surface area contributed by atoms with Crippen LogP contribution in [0.15, 0.2) is 114 Å². The first-order valence-electron chi connectivity index (χ1n) is 15.2. The fourth-order valence-corrected chi connectivity index (χ4v) is 7.23. The van der Waals surface area contributed by atoms with Crippen LogP contribution < -0.4 is 9.62 Å². The number of carbonyl (C=O) groups excluding carboxylic acids is 2. The summed E-state index contributed by atoms with van der Waals surface area (Å²) >= 11 is 6.16. The van der Waals surface area contributed by atoms with Crippen molar-refractivity contribution in [1.29, 1.82) is 0 Å². The number of aryl methyl sites for hydroxylation is 1. The number of halogens is 1. The first kappa shape index (κ1) is 32.3. The summed E-state index contributed by atoms with van der Waals surface area (Å²) in [7, 11) is -4.13. The molecular formula is C36H38ClN3O4S. The molecule has 0 aromatic heterocycles. The summed E-state index contributed by atoms with van der Waals surface area (Å²) < 4.78 is 29.2. The highest BCUT2D eigenvalue weighted by Gasteiger charge is 2.35. The number of nitrogens with one attached hydrogen (secondary N) is 1. The number of nitrogens with zero attached hydrogens (tertiary/aromatic N) is 2. The van der Waals surface area contributed by atoms with Crippen LogP contribution in [0.3, 0.4) is 0 Å². The maximum Gasteiger partial charge on any atom is 0.264 e. The lowest BCUT2D eigenvalue weighted by Crippen LogP contribution is -2.54. The lowest BCUT2D eigenvalue weighted by atomic mass is 10.0. The van der Waals surface area contributed by atoms with Crippen LogP contribution in [-0.4, -0.2) is 43.8 Å². The van der Waals surface area contributed by atoms with Gasteiger partial charge in [0.05, 0.1) is 10.6 Å². The van der Waals surface area contributed by atoms with Crippen molar-refractivity contribution in [3.63, 3.8) is 0 Å². The number of benzene rings is 4. The first-order chi connectivity index (χ1) is 21.7. The summed E-state index contributed by atoms with van der Waals surface area (Å²) in [6.07, 6.45) is 4.15. The van der Waals surface area contributed by atoms with Gasteiger partial charge < -0.3 is 10.2 Å². The molecule has 2 amide bonds. The fraction of sp³-hybridized carbons (Fsp3) is 0.278. The first-order valence-corrected chi connectivity index (χ1v) is 17.1. The summed E-state index contributed by atoms with van der Waals surface area (Å²) in [6, 6.07) is 30.9. The highest BCUT2D eigenvalue weighted by Crippen LogP contribution is 2.26. The predicted octanol–water partition coefficient (Wildman–Crippen LogP) is 6.54. The molecule has 1 saturated carbocycles. The Morgan fingerprint density at radius 2 is 1.42 bits per heavy atom. The van der Waals surface area contributed by atoms with Crippen molar-refractivity contribution in [2.75, 3.05) is 10.8 Å². The Hall–Kier alpha value is -4.14. The van der Waals surface area contributed by atoms with Crippen molar-refractivity contribution in [2.45, 2.75) is 62.6 Å². The van der Waals surface area contributed by atoms with Gasteiger partial charge in [-0.3, -0.25) is 13.9 Å². The topological polar surface area (TPSA) is 86.8 Å². The van der Waals surface area contributed by atoms with Crippen molar-refractivity contribution in [3.8, 4) is 0 Å². The molecular weight excluding hydrogens is 606 g/mol. The van der Waals surface area contributed by atoms with E-state index in [0.29, 0.717) is 10.7 Å². The van der Waals surface area contributed by atoms with Gasteiger partial charge in [0, 0.05) is 24.0 Å². The molecule has 234 valence electrons. The smallest absolute Gasteiger partial charge is 0.264 e. The van der Waals surface area contributed by atoms with E-state index in [4.69, 9.17) is 11.6 Å². The van der Waals surface area contributed by atoms with Gasteiger partial charge in [-0.25, -0.2) is 8.42 Å². The normalized spacial score (nSPS) is 14.1. The molecule has 1 fully saturated rings. The number of hydrogen-bond donors (Lipinski definition) is 1. The molecule has 7 nitrogen and oxygen atoms in total. The number of anilines is 1. The predicted molar refractivity (Wildman–Crippen MR) is 178 cm³/mol. The summed E-state index contributed by atoms with van der Waals surface area (Å²) in [5, 5.41) is 3.74. The van der Waals surface area contributed by atoms with Crippen LogP contribution in [0, 0.1) is 6.92 Å². The molecule has 1 atom stereocenters. The van der Waals surface area contributed by atoms with Gasteiger partial charge in [0.15, 0.2) is 0 Å². The van der Waals surface area contributed by atoms with E-state index in [2.05, 4.69) is 5.32 Å². The van der Waals surface area contributed by atoms with E-state index >= 15 is 0 Å². The van der Waals surface area contributed by atoms with E-state index in [1.54, 1.807) is 42.5 Å². The van der Waals surface area contributed by atoms with Gasteiger partial charge in [0.2, 0.25) is 11.8 Å². The van der Waals surface area contributed by atoms with Crippen LogP contribution in [-0.2, 0) is 32.6 Å². The summed E-state index contributed by atoms with van der Waals surface area (Å²) in [5.74, 6) is -0.742. The zero-order valence-corrected chi connectivity index (χ0v) is 26.9. The Kier molecular flexibility index (Phi) is 10.6. The van der Waals surface area contributed by atoms with Gasteiger partial charge in [-0.05, 0) is 67.3 Å². The lowest BCUT2D eigenvalue weighted by molar-refractivity contribution is -0.140. The van der Waals surface area contributed by atoms with E-state index in [0.717, 1.165) is 46.7 Å². The van der Waals surface area contributed by atoms with Crippen LogP contribution >= 0.6 is 11.6 Å². The van der Waals surface area contributed by atoms with Crippen LogP contribution in [0.25, 0.3) is 0 Å². The molecule has 0 heterocycles. The number of amides is 2. The molecule has 0 saturated heterocycles. The number of rotatable bonds is 12. The summed E-state index contributed by atoms with van der Waals surface area (Å²) in [4.78, 5) is 30.2. The molecule has 1 N–H and O–H groups in total. The Labute approximate surface area is 270 Å². The molecule has 1 aliphatic carbocycles. The van der Waals surface area contributed by atoms with Gasteiger partial charge in [0.25, 0.3) is 10.0 Å². The number of hydrogen-bond acceptors (Lipinski definition) is 4. The lowest BCUT2D eigenvalue weighted by Gasteiger charge is -2.34. The highest BCUT2D eigenvalue weighted by molar-refractivity contribution is 7.92. The van der Waals surface area contributed by atoms with E-state index < -0.39 is 28.5 Å². The van der Waals surface area contributed by atoms with Crippen molar-refractivity contribution in [1.82, 2.24) is 10.2 Å². The fourth-order valence-electron chi connectivity index (χ4n) is 5.67. The molecule has 0 radical (unpaired) electrons. The highest BCUT2D eigenvalue weighted by atomic mass is 35.5. The molecule has 0 aliphatic heterocycles. The molecule has 4 aromatic rings. The van der Waals surface area contributed by atoms with Crippen LogP contribution in [0.2, 0.25) is 5.02 Å². The second-order valence-electron chi connectivity index (χ2n) is 11.5. The second-order valence-corrected chi connectivity index (χ2v) is 13.8. The zero-order valence-electron chi connectivity index (χ0n) is 25.3. The average Bonchev–Trinajstić information content (AvgIpc) is 3.57. The maximum atomic E-state index is 14.5. The van der Waals surface area contributed by atoms with Gasteiger partial charge in [-0.2, -0.15) is 0 Å². The third-order valence-corrected chi connectivity index (χ3v) is 10.2. The standard InChI is InChI=1S/C36H38ClN3O4S/c1-27-16-22-32(23-17-27)40(45(43,44)33-14-6-3-7-15-33)26-35(41)39(25-29-18-20-30(37)21-19-29)34(24-28-10-4-2-5-11-28)36(42)38-31-12-8-9-13-31/h2-7,10-11,14-23,31,34H,8-9,12-13,24-26H2,1H3,(H,38,42)/t34-/m0/s1. The van der Waals surface area contributed by atoms with Crippen molar-refractivity contribution >= 4 is 39.1 Å². The second kappa shape index (κ2) is 14.8. The van der Waals surface area contributed by atoms with Gasteiger partial charge >= 0.3 is 0 Å². The Bertz CT molecular complexity index is 1680. The summed E-state index contributed by atoms with van der Waals surface area (Å²) in [6.45, 7) is 1.52. The third kappa shape index (κ3) is 8.32. The van der Waals surface area contributed by atoms with Gasteiger partial charge in [0.1, 0.15) is 12.6 Å². The number of sulfonamides is 1. The molecule has 5 rings (SSSR count). The van der Waals surface area contributed by atoms with Crippen LogP contribution in [0.4, 0.5) is 5.69 Å². The molecule has 0 bridgehead atoms. The van der Waals surface area contributed by atoms with E-state index in [-0.39, 0.29) is 29.8 Å². The minimum Gasteiger partial charge on any atom is -0.352 e. The third-order valence-electron chi connectivity index (χ3n) is 8.17. The van der Waals surface area contributed by atoms with E-state index in [9.17, 15) is 18.0 Å². The molecule has 0 spiro atoms. The Morgan fingerprint density at radius 1 is 0.822 bits per heavy atom. The monoisotopic (exact) mass is 643 g/mol. The SMILES string of the molecule is Cc1ccc(N(CC(=O)N(Cc2ccc(Cl)cc2)[C@@H](Cc2ccccc2)C(=O)NC2CCCC2)S(=O)(=O)c2ccccc2)cc1. The van der Waals surface area contributed by atoms with Gasteiger partial charge in [-0.1, -0.05) is 103 Å². The maximum absolute atomic E-state index is 14.5. The Morgan fingerprint density at radius 3 is 2.04 bits per heavy atom. The van der Waals surface area contributed by atoms with Crippen molar-refractivity contribution < 1.29 is 18.0 Å². The number of carbonyl (C=O) groups is 2. The van der Waals surface area contributed by atoms with Crippen molar-refractivity contribution in [2.24, 2.45) is 0 Å². The van der Waals surface area contributed by atoms with Crippen LogP contribution in [0.5, 0.6) is 0 Å².